The Hall–Kier alpha value is -1.75. The van der Waals surface area contributed by atoms with Crippen molar-refractivity contribution in [3.63, 3.8) is 0 Å². The molecule has 0 bridgehead atoms. The molecule has 0 fully saturated rings. The Morgan fingerprint density at radius 3 is 2.50 bits per heavy atom. The Morgan fingerprint density at radius 1 is 1.12 bits per heavy atom. The van der Waals surface area contributed by atoms with Gasteiger partial charge in [0.15, 0.2) is 11.5 Å². The summed E-state index contributed by atoms with van der Waals surface area (Å²) in [6.45, 7) is 5.73. The van der Waals surface area contributed by atoms with E-state index in [-0.39, 0.29) is 0 Å². The number of benzene rings is 2. The predicted molar refractivity (Wildman–Crippen MR) is 96.8 cm³/mol. The van der Waals surface area contributed by atoms with E-state index in [2.05, 4.69) is 5.32 Å². The van der Waals surface area contributed by atoms with E-state index in [4.69, 9.17) is 21.1 Å². The van der Waals surface area contributed by atoms with Crippen molar-refractivity contribution in [3.8, 4) is 11.5 Å². The van der Waals surface area contributed by atoms with Crippen molar-refractivity contribution in [1.29, 1.82) is 0 Å². The number of ether oxygens (including phenoxy) is 2. The van der Waals surface area contributed by atoms with Crippen molar-refractivity contribution in [3.05, 3.63) is 58.6 Å². The first-order valence-electron chi connectivity index (χ1n) is 8.11. The highest BCUT2D eigenvalue weighted by Crippen LogP contribution is 2.34. The number of aliphatic hydroxyl groups excluding tert-OH is 1. The third-order valence-corrected chi connectivity index (χ3v) is 3.76. The second-order valence-corrected chi connectivity index (χ2v) is 5.98. The van der Waals surface area contributed by atoms with Crippen molar-refractivity contribution in [2.24, 2.45) is 0 Å². The van der Waals surface area contributed by atoms with Crippen LogP contribution in [0.2, 0.25) is 5.02 Å². The van der Waals surface area contributed by atoms with Crippen LogP contribution in [0.4, 0.5) is 0 Å². The molecule has 0 aliphatic rings. The molecule has 4 nitrogen and oxygen atoms in total. The number of nitrogens with one attached hydrogen (secondary N) is 1. The average Bonchev–Trinajstić information content (AvgIpc) is 2.57. The zero-order valence-electron chi connectivity index (χ0n) is 14.1. The molecule has 0 spiro atoms. The smallest absolute Gasteiger partial charge is 0.163 e. The maximum absolute atomic E-state index is 9.32. The van der Waals surface area contributed by atoms with E-state index >= 15 is 0 Å². The largest absolute Gasteiger partial charge is 0.490 e. The molecular formula is C19H24ClNO3. The summed E-state index contributed by atoms with van der Waals surface area (Å²) in [6, 6.07) is 13.6. The summed E-state index contributed by atoms with van der Waals surface area (Å²) in [5.74, 6) is 1.30. The molecule has 0 amide bonds. The van der Waals surface area contributed by atoms with E-state index in [0.29, 0.717) is 42.8 Å². The van der Waals surface area contributed by atoms with Gasteiger partial charge in [0, 0.05) is 24.2 Å². The van der Waals surface area contributed by atoms with E-state index in [1.165, 1.54) is 0 Å². The minimum atomic E-state index is -0.399. The average molecular weight is 350 g/mol. The molecule has 0 heterocycles. The second kappa shape index (κ2) is 9.52. The molecule has 2 aromatic rings. The van der Waals surface area contributed by atoms with Gasteiger partial charge < -0.3 is 19.9 Å². The first kappa shape index (κ1) is 18.6. The van der Waals surface area contributed by atoms with Crippen molar-refractivity contribution >= 4 is 11.6 Å². The minimum Gasteiger partial charge on any atom is -0.490 e. The predicted octanol–water partition coefficient (Wildman–Crippen LogP) is 3.79. The summed E-state index contributed by atoms with van der Waals surface area (Å²) in [4.78, 5) is 0. The first-order valence-corrected chi connectivity index (χ1v) is 8.48. The molecule has 1 atom stereocenters. The quantitative estimate of drug-likeness (QED) is 0.723. The lowest BCUT2D eigenvalue weighted by Crippen LogP contribution is -2.24. The third-order valence-electron chi connectivity index (χ3n) is 3.40. The van der Waals surface area contributed by atoms with E-state index in [9.17, 15) is 5.11 Å². The molecule has 24 heavy (non-hydrogen) atoms. The van der Waals surface area contributed by atoms with E-state index in [1.54, 1.807) is 13.0 Å². The molecule has 0 saturated heterocycles. The van der Waals surface area contributed by atoms with Crippen molar-refractivity contribution in [1.82, 2.24) is 5.32 Å². The van der Waals surface area contributed by atoms with Crippen LogP contribution in [0.5, 0.6) is 11.5 Å². The molecule has 5 heteroatoms. The fourth-order valence-electron chi connectivity index (χ4n) is 2.24. The lowest BCUT2D eigenvalue weighted by atomic mass is 10.2. The van der Waals surface area contributed by atoms with Crippen molar-refractivity contribution in [2.45, 2.75) is 33.1 Å². The molecule has 2 N–H and O–H groups in total. The Kier molecular flexibility index (Phi) is 7.37. The molecule has 0 aliphatic heterocycles. The molecule has 1 unspecified atom stereocenters. The third kappa shape index (κ3) is 5.71. The van der Waals surface area contributed by atoms with E-state index in [0.717, 1.165) is 11.1 Å². The number of aliphatic hydroxyl groups is 1. The van der Waals surface area contributed by atoms with Crippen LogP contribution in [0.3, 0.4) is 0 Å². The van der Waals surface area contributed by atoms with Gasteiger partial charge in [-0.3, -0.25) is 0 Å². The summed E-state index contributed by atoms with van der Waals surface area (Å²) in [5, 5.41) is 13.1. The van der Waals surface area contributed by atoms with Gasteiger partial charge in [-0.05, 0) is 31.0 Å². The number of halogens is 1. The van der Waals surface area contributed by atoms with Gasteiger partial charge in [-0.15, -0.1) is 0 Å². The van der Waals surface area contributed by atoms with Crippen LogP contribution in [-0.4, -0.2) is 24.4 Å². The summed E-state index contributed by atoms with van der Waals surface area (Å²) in [7, 11) is 0. The van der Waals surface area contributed by atoms with Gasteiger partial charge >= 0.3 is 0 Å². The summed E-state index contributed by atoms with van der Waals surface area (Å²) in [6.07, 6.45) is -0.399. The zero-order chi connectivity index (χ0) is 17.4. The summed E-state index contributed by atoms with van der Waals surface area (Å²) in [5.41, 5.74) is 1.99. The van der Waals surface area contributed by atoms with Gasteiger partial charge in [0.2, 0.25) is 0 Å². The van der Waals surface area contributed by atoms with Crippen molar-refractivity contribution < 1.29 is 14.6 Å². The molecule has 130 valence electrons. The van der Waals surface area contributed by atoms with Gasteiger partial charge in [0.05, 0.1) is 12.7 Å². The van der Waals surface area contributed by atoms with Gasteiger partial charge in [-0.25, -0.2) is 0 Å². The molecular weight excluding hydrogens is 326 g/mol. The Morgan fingerprint density at radius 2 is 1.83 bits per heavy atom. The van der Waals surface area contributed by atoms with Crippen LogP contribution in [0.25, 0.3) is 0 Å². The van der Waals surface area contributed by atoms with Gasteiger partial charge in [0.1, 0.15) is 6.61 Å². The first-order chi connectivity index (χ1) is 11.6. The Bertz CT molecular complexity index is 632. The molecule has 0 radical (unpaired) electrons. The van der Waals surface area contributed by atoms with Crippen LogP contribution in [0, 0.1) is 0 Å². The lowest BCUT2D eigenvalue weighted by molar-refractivity contribution is 0.191. The highest BCUT2D eigenvalue weighted by atomic mass is 35.5. The van der Waals surface area contributed by atoms with Crippen LogP contribution in [0.1, 0.15) is 25.0 Å². The normalized spacial score (nSPS) is 12.0. The lowest BCUT2D eigenvalue weighted by Gasteiger charge is -2.15. The zero-order valence-corrected chi connectivity index (χ0v) is 14.8. The maximum Gasteiger partial charge on any atom is 0.163 e. The fourth-order valence-corrected chi connectivity index (χ4v) is 2.47. The second-order valence-electron chi connectivity index (χ2n) is 5.58. The Balaban J connectivity index is 2.10. The molecule has 0 saturated carbocycles. The number of hydrogen-bond donors (Lipinski definition) is 2. The van der Waals surface area contributed by atoms with Crippen LogP contribution < -0.4 is 14.8 Å². The summed E-state index contributed by atoms with van der Waals surface area (Å²) >= 11 is 6.36. The number of rotatable bonds is 9. The van der Waals surface area contributed by atoms with Gasteiger partial charge in [-0.1, -0.05) is 41.9 Å². The SMILES string of the molecule is CCOc1cc(CNCC(C)O)c(Cl)cc1OCc1ccccc1. The monoisotopic (exact) mass is 349 g/mol. The molecule has 0 aromatic heterocycles. The van der Waals surface area contributed by atoms with Crippen LogP contribution >= 0.6 is 11.6 Å². The highest BCUT2D eigenvalue weighted by Gasteiger charge is 2.11. The van der Waals surface area contributed by atoms with Gasteiger partial charge in [0.25, 0.3) is 0 Å². The van der Waals surface area contributed by atoms with Crippen LogP contribution in [-0.2, 0) is 13.2 Å². The van der Waals surface area contributed by atoms with Crippen molar-refractivity contribution in [2.75, 3.05) is 13.2 Å². The Labute approximate surface area is 148 Å². The minimum absolute atomic E-state index is 0.399. The highest BCUT2D eigenvalue weighted by molar-refractivity contribution is 6.31. The number of hydrogen-bond acceptors (Lipinski definition) is 4. The maximum atomic E-state index is 9.32. The summed E-state index contributed by atoms with van der Waals surface area (Å²) < 4.78 is 11.6. The molecule has 2 aromatic carbocycles. The van der Waals surface area contributed by atoms with E-state index in [1.807, 2.05) is 43.3 Å². The van der Waals surface area contributed by atoms with E-state index < -0.39 is 6.10 Å². The fraction of sp³-hybridized carbons (Fsp3) is 0.368. The molecule has 0 aliphatic carbocycles. The van der Waals surface area contributed by atoms with Gasteiger partial charge in [-0.2, -0.15) is 0 Å². The topological polar surface area (TPSA) is 50.7 Å². The standard InChI is InChI=1S/C19H24ClNO3/c1-3-23-18-9-16(12-21-11-14(2)22)17(20)10-19(18)24-13-15-7-5-4-6-8-15/h4-10,14,21-22H,3,11-13H2,1-2H3. The van der Waals surface area contributed by atoms with Crippen LogP contribution in [0.15, 0.2) is 42.5 Å². The molecule has 2 rings (SSSR count).